The number of rotatable bonds is 4. The molecule has 0 unspecified atom stereocenters. The molecule has 0 fully saturated rings. The molecule has 0 atom stereocenters. The second-order valence-corrected chi connectivity index (χ2v) is 5.91. The number of hydrogen-bond acceptors (Lipinski definition) is 6. The zero-order chi connectivity index (χ0) is 18.8. The van der Waals surface area contributed by atoms with Crippen molar-refractivity contribution >= 4 is 46.8 Å². The van der Waals surface area contributed by atoms with Gasteiger partial charge in [0.2, 0.25) is 5.90 Å². The number of nitro groups is 1. The molecule has 0 amide bonds. The van der Waals surface area contributed by atoms with E-state index in [1.807, 2.05) is 0 Å². The number of cyclic esters (lactones) is 1. The van der Waals surface area contributed by atoms with Crippen LogP contribution in [0, 0.1) is 10.1 Å². The molecule has 2 aromatic rings. The summed E-state index contributed by atoms with van der Waals surface area (Å²) in [7, 11) is 1.39. The van der Waals surface area contributed by atoms with Crippen LogP contribution < -0.4 is 4.74 Å². The fourth-order valence-corrected chi connectivity index (χ4v) is 2.64. The predicted octanol–water partition coefficient (Wildman–Crippen LogP) is 4.25. The number of carbonyl (C=O) groups excluding carboxylic acids is 1. The summed E-state index contributed by atoms with van der Waals surface area (Å²) >= 11 is 12.1. The highest BCUT2D eigenvalue weighted by Crippen LogP contribution is 2.31. The molecule has 1 aliphatic heterocycles. The van der Waals surface area contributed by atoms with E-state index in [0.717, 1.165) is 0 Å². The van der Waals surface area contributed by atoms with Crippen LogP contribution in [0.5, 0.6) is 5.75 Å². The van der Waals surface area contributed by atoms with Gasteiger partial charge in [-0.25, -0.2) is 9.79 Å². The number of nitrogens with zero attached hydrogens (tertiary/aromatic N) is 2. The van der Waals surface area contributed by atoms with Gasteiger partial charge in [0.15, 0.2) is 5.70 Å². The van der Waals surface area contributed by atoms with Gasteiger partial charge < -0.3 is 9.47 Å². The Morgan fingerprint density at radius 1 is 1.27 bits per heavy atom. The van der Waals surface area contributed by atoms with Gasteiger partial charge in [0.1, 0.15) is 5.75 Å². The molecule has 3 rings (SSSR count). The lowest BCUT2D eigenvalue weighted by atomic mass is 10.1. The molecule has 0 radical (unpaired) electrons. The summed E-state index contributed by atoms with van der Waals surface area (Å²) in [5, 5.41) is 11.6. The van der Waals surface area contributed by atoms with E-state index >= 15 is 0 Å². The maximum Gasteiger partial charge on any atom is 0.363 e. The van der Waals surface area contributed by atoms with E-state index in [-0.39, 0.29) is 33.6 Å². The summed E-state index contributed by atoms with van der Waals surface area (Å²) in [6, 6.07) is 8.86. The molecule has 9 heteroatoms. The number of esters is 1. The number of ether oxygens (including phenoxy) is 2. The van der Waals surface area contributed by atoms with Crippen molar-refractivity contribution in [2.75, 3.05) is 7.11 Å². The van der Waals surface area contributed by atoms with Crippen molar-refractivity contribution in [3.05, 3.63) is 73.4 Å². The van der Waals surface area contributed by atoms with Crippen LogP contribution in [0.15, 0.2) is 47.1 Å². The number of hydrogen-bond donors (Lipinski definition) is 0. The Morgan fingerprint density at radius 2 is 2.04 bits per heavy atom. The number of halogens is 2. The third-order valence-electron chi connectivity index (χ3n) is 3.52. The third-order valence-corrected chi connectivity index (χ3v) is 4.35. The molecule has 0 N–H and O–H groups in total. The molecule has 1 heterocycles. The number of benzene rings is 2. The molecule has 0 saturated carbocycles. The van der Waals surface area contributed by atoms with Crippen LogP contribution in [0.2, 0.25) is 10.0 Å². The van der Waals surface area contributed by atoms with Crippen molar-refractivity contribution in [3.8, 4) is 5.75 Å². The SMILES string of the molecule is COc1ccc([N+](=O)[O-])cc1C1=NC(=Cc2cccc(Cl)c2Cl)C(=O)O1. The monoisotopic (exact) mass is 392 g/mol. The molecular weight excluding hydrogens is 383 g/mol. The number of methoxy groups -OCH3 is 1. The van der Waals surface area contributed by atoms with E-state index in [0.29, 0.717) is 10.6 Å². The fourth-order valence-electron chi connectivity index (χ4n) is 2.28. The van der Waals surface area contributed by atoms with Gasteiger partial charge in [0.25, 0.3) is 5.69 Å². The van der Waals surface area contributed by atoms with Gasteiger partial charge in [-0.05, 0) is 23.8 Å². The summed E-state index contributed by atoms with van der Waals surface area (Å²) in [5.41, 5.74) is 0.477. The predicted molar refractivity (Wildman–Crippen MR) is 96.7 cm³/mol. The topological polar surface area (TPSA) is 91.0 Å². The van der Waals surface area contributed by atoms with Gasteiger partial charge in [0, 0.05) is 12.1 Å². The Balaban J connectivity index is 2.06. The van der Waals surface area contributed by atoms with Crippen molar-refractivity contribution in [1.29, 1.82) is 0 Å². The summed E-state index contributed by atoms with van der Waals surface area (Å²) in [6.45, 7) is 0. The Morgan fingerprint density at radius 3 is 2.73 bits per heavy atom. The quantitative estimate of drug-likeness (QED) is 0.335. The van der Waals surface area contributed by atoms with Gasteiger partial charge in [0.05, 0.1) is 27.6 Å². The Kier molecular flexibility index (Phi) is 4.92. The third kappa shape index (κ3) is 3.40. The highest BCUT2D eigenvalue weighted by molar-refractivity contribution is 6.43. The number of nitro benzene ring substituents is 1. The normalized spacial score (nSPS) is 15.0. The Hall–Kier alpha value is -2.90. The number of non-ortho nitro benzene ring substituents is 1. The average molecular weight is 393 g/mol. The Bertz CT molecular complexity index is 985. The van der Waals surface area contributed by atoms with Gasteiger partial charge in [-0.2, -0.15) is 0 Å². The lowest BCUT2D eigenvalue weighted by molar-refractivity contribution is -0.384. The second kappa shape index (κ2) is 7.15. The largest absolute Gasteiger partial charge is 0.496 e. The Labute approximate surface area is 157 Å². The smallest absolute Gasteiger partial charge is 0.363 e. The summed E-state index contributed by atoms with van der Waals surface area (Å²) in [5.74, 6) is -0.534. The van der Waals surface area contributed by atoms with Crippen LogP contribution in [0.1, 0.15) is 11.1 Å². The zero-order valence-corrected chi connectivity index (χ0v) is 14.7. The van der Waals surface area contributed by atoms with Gasteiger partial charge in [-0.15, -0.1) is 0 Å². The van der Waals surface area contributed by atoms with E-state index in [2.05, 4.69) is 4.99 Å². The van der Waals surface area contributed by atoms with Gasteiger partial charge in [-0.1, -0.05) is 35.3 Å². The van der Waals surface area contributed by atoms with Crippen LogP contribution in [-0.4, -0.2) is 23.9 Å². The van der Waals surface area contributed by atoms with E-state index < -0.39 is 10.9 Å². The first-order valence-corrected chi connectivity index (χ1v) is 7.95. The van der Waals surface area contributed by atoms with Crippen LogP contribution in [0.4, 0.5) is 5.69 Å². The van der Waals surface area contributed by atoms with E-state index in [1.165, 1.54) is 31.4 Å². The minimum Gasteiger partial charge on any atom is -0.496 e. The summed E-state index contributed by atoms with van der Waals surface area (Å²) in [6.07, 6.45) is 1.42. The van der Waals surface area contributed by atoms with Crippen LogP contribution in [-0.2, 0) is 9.53 Å². The molecule has 0 aliphatic carbocycles. The van der Waals surface area contributed by atoms with Crippen molar-refractivity contribution in [1.82, 2.24) is 0 Å². The standard InChI is InChI=1S/C17H10Cl2N2O5/c1-25-14-6-5-10(21(23)24)8-11(14)16-20-13(17(22)26-16)7-9-3-2-4-12(18)15(9)19/h2-8H,1H3. The zero-order valence-electron chi connectivity index (χ0n) is 13.2. The fraction of sp³-hybridized carbons (Fsp3) is 0.0588. The number of carbonyl (C=O) groups is 1. The lowest BCUT2D eigenvalue weighted by Crippen LogP contribution is -2.07. The van der Waals surface area contributed by atoms with E-state index in [4.69, 9.17) is 32.7 Å². The molecule has 132 valence electrons. The van der Waals surface area contributed by atoms with Crippen molar-refractivity contribution in [2.24, 2.45) is 4.99 Å². The van der Waals surface area contributed by atoms with Crippen molar-refractivity contribution in [3.63, 3.8) is 0 Å². The molecule has 0 saturated heterocycles. The minimum absolute atomic E-state index is 0.0160. The second-order valence-electron chi connectivity index (χ2n) is 5.12. The first-order chi connectivity index (χ1) is 12.4. The molecular formula is C17H10Cl2N2O5. The number of aliphatic imine (C=N–C) groups is 1. The molecule has 26 heavy (non-hydrogen) atoms. The maximum atomic E-state index is 12.1. The summed E-state index contributed by atoms with van der Waals surface area (Å²) < 4.78 is 10.3. The highest BCUT2D eigenvalue weighted by Gasteiger charge is 2.28. The van der Waals surface area contributed by atoms with E-state index in [9.17, 15) is 14.9 Å². The molecule has 1 aliphatic rings. The highest BCUT2D eigenvalue weighted by atomic mass is 35.5. The molecule has 0 aromatic heterocycles. The molecule has 0 spiro atoms. The lowest BCUT2D eigenvalue weighted by Gasteiger charge is -2.06. The van der Waals surface area contributed by atoms with Gasteiger partial charge in [-0.3, -0.25) is 10.1 Å². The molecule has 0 bridgehead atoms. The van der Waals surface area contributed by atoms with Gasteiger partial charge >= 0.3 is 5.97 Å². The molecule has 2 aromatic carbocycles. The van der Waals surface area contributed by atoms with Crippen LogP contribution in [0.25, 0.3) is 6.08 Å². The summed E-state index contributed by atoms with van der Waals surface area (Å²) in [4.78, 5) is 26.7. The van der Waals surface area contributed by atoms with E-state index in [1.54, 1.807) is 18.2 Å². The molecule has 7 nitrogen and oxygen atoms in total. The van der Waals surface area contributed by atoms with Crippen LogP contribution >= 0.6 is 23.2 Å². The first kappa shape index (κ1) is 17.9. The maximum absolute atomic E-state index is 12.1. The van der Waals surface area contributed by atoms with Crippen molar-refractivity contribution < 1.29 is 19.2 Å². The van der Waals surface area contributed by atoms with Crippen LogP contribution in [0.3, 0.4) is 0 Å². The first-order valence-electron chi connectivity index (χ1n) is 7.20. The van der Waals surface area contributed by atoms with Crippen molar-refractivity contribution in [2.45, 2.75) is 0 Å². The average Bonchev–Trinajstić information content (AvgIpc) is 2.98. The minimum atomic E-state index is -0.718.